The molecule has 7 heteroatoms. The number of nitrogens with zero attached hydrogens (tertiary/aromatic N) is 4. The van der Waals surface area contributed by atoms with Crippen LogP contribution in [0.25, 0.3) is 0 Å². The Morgan fingerprint density at radius 3 is 2.84 bits per heavy atom. The van der Waals surface area contributed by atoms with Crippen LogP contribution in [-0.4, -0.2) is 54.1 Å². The van der Waals surface area contributed by atoms with E-state index in [4.69, 9.17) is 0 Å². The third kappa shape index (κ3) is 4.37. The van der Waals surface area contributed by atoms with Crippen LogP contribution < -0.4 is 15.5 Å². The monoisotopic (exact) mass is 340 g/mol. The molecule has 1 aliphatic heterocycles. The molecule has 132 valence electrons. The highest BCUT2D eigenvalue weighted by atomic mass is 16.2. The van der Waals surface area contributed by atoms with Gasteiger partial charge in [0.2, 0.25) is 0 Å². The first-order chi connectivity index (χ1) is 12.1. The molecule has 1 atom stereocenters. The number of urea groups is 1. The molecule has 0 radical (unpaired) electrons. The second kappa shape index (κ2) is 7.83. The molecule has 7 nitrogen and oxygen atoms in total. The predicted octanol–water partition coefficient (Wildman–Crippen LogP) is 2.65. The number of aromatic nitrogens is 2. The predicted molar refractivity (Wildman–Crippen MR) is 100 cm³/mol. The number of hydrogen-bond acceptors (Lipinski definition) is 5. The van der Waals surface area contributed by atoms with Crippen LogP contribution in [0.15, 0.2) is 42.9 Å². The van der Waals surface area contributed by atoms with E-state index in [2.05, 4.69) is 20.6 Å². The van der Waals surface area contributed by atoms with E-state index in [1.54, 1.807) is 6.20 Å². The summed E-state index contributed by atoms with van der Waals surface area (Å²) < 4.78 is 0. The van der Waals surface area contributed by atoms with Gasteiger partial charge in [-0.25, -0.2) is 14.8 Å². The van der Waals surface area contributed by atoms with Crippen LogP contribution in [0.2, 0.25) is 0 Å². The van der Waals surface area contributed by atoms with E-state index < -0.39 is 0 Å². The first kappa shape index (κ1) is 17.0. The number of carbonyl (C=O) groups excluding carboxylic acids is 1. The van der Waals surface area contributed by atoms with Crippen molar-refractivity contribution in [1.82, 2.24) is 14.9 Å². The molecule has 0 unspecified atom stereocenters. The van der Waals surface area contributed by atoms with E-state index in [0.29, 0.717) is 18.1 Å². The largest absolute Gasteiger partial charge is 0.381 e. The molecule has 1 aromatic carbocycles. The van der Waals surface area contributed by atoms with Crippen LogP contribution in [-0.2, 0) is 0 Å². The van der Waals surface area contributed by atoms with Crippen LogP contribution in [0.5, 0.6) is 0 Å². The van der Waals surface area contributed by atoms with Gasteiger partial charge in [0, 0.05) is 38.9 Å². The van der Waals surface area contributed by atoms with E-state index in [1.165, 1.54) is 6.33 Å². The molecule has 0 spiro atoms. The van der Waals surface area contributed by atoms with E-state index in [0.717, 1.165) is 25.1 Å². The normalized spacial score (nSPS) is 17.0. The summed E-state index contributed by atoms with van der Waals surface area (Å²) >= 11 is 0. The lowest BCUT2D eigenvalue weighted by Crippen LogP contribution is -2.46. The Hall–Kier alpha value is -2.83. The van der Waals surface area contributed by atoms with Gasteiger partial charge in [-0.1, -0.05) is 18.2 Å². The zero-order valence-corrected chi connectivity index (χ0v) is 14.6. The van der Waals surface area contributed by atoms with Crippen molar-refractivity contribution in [3.05, 3.63) is 42.9 Å². The van der Waals surface area contributed by atoms with Crippen molar-refractivity contribution in [2.75, 3.05) is 42.7 Å². The van der Waals surface area contributed by atoms with Crippen LogP contribution in [0.1, 0.15) is 12.8 Å². The van der Waals surface area contributed by atoms with Crippen LogP contribution in [0.3, 0.4) is 0 Å². The van der Waals surface area contributed by atoms with Crippen LogP contribution in [0, 0.1) is 0 Å². The molecule has 0 bridgehead atoms. The molecule has 3 rings (SSSR count). The highest BCUT2D eigenvalue weighted by Crippen LogP contribution is 2.21. The summed E-state index contributed by atoms with van der Waals surface area (Å²) in [7, 11) is 3.78. The van der Waals surface area contributed by atoms with Gasteiger partial charge in [0.05, 0.1) is 6.20 Å². The summed E-state index contributed by atoms with van der Waals surface area (Å²) in [6.45, 7) is 1.43. The molecule has 0 saturated carbocycles. The van der Waals surface area contributed by atoms with Gasteiger partial charge >= 0.3 is 6.03 Å². The molecular formula is C18H24N6O. The molecule has 1 aliphatic rings. The van der Waals surface area contributed by atoms with Gasteiger partial charge in [-0.15, -0.1) is 0 Å². The van der Waals surface area contributed by atoms with Crippen molar-refractivity contribution in [2.45, 2.75) is 18.9 Å². The summed E-state index contributed by atoms with van der Waals surface area (Å²) in [6.07, 6.45) is 5.13. The van der Waals surface area contributed by atoms with Gasteiger partial charge in [-0.05, 0) is 25.0 Å². The minimum Gasteiger partial charge on any atom is -0.381 e. The molecule has 2 amide bonds. The summed E-state index contributed by atoms with van der Waals surface area (Å²) in [5.74, 6) is 0.694. The minimum atomic E-state index is -0.113. The standard InChI is InChI=1S/C18H24N6O/c1-23(2)17-16(11-19-13-20-17)22-18(25)24-10-6-9-15(12-24)21-14-7-4-3-5-8-14/h3-5,7-8,11,13,15,21H,6,9-10,12H2,1-2H3,(H,22,25)/t15-/m0/s1. The third-order valence-electron chi connectivity index (χ3n) is 4.21. The SMILES string of the molecule is CN(C)c1ncncc1NC(=O)N1CCC[C@H](Nc2ccccc2)C1. The van der Waals surface area contributed by atoms with E-state index >= 15 is 0 Å². The lowest BCUT2D eigenvalue weighted by molar-refractivity contribution is 0.196. The maximum Gasteiger partial charge on any atom is 0.322 e. The molecule has 25 heavy (non-hydrogen) atoms. The number of likely N-dealkylation sites (tertiary alicyclic amines) is 1. The van der Waals surface area contributed by atoms with E-state index in [-0.39, 0.29) is 12.1 Å². The number of hydrogen-bond donors (Lipinski definition) is 2. The summed E-state index contributed by atoms with van der Waals surface area (Å²) in [6, 6.07) is 10.2. The molecule has 1 saturated heterocycles. The summed E-state index contributed by atoms with van der Waals surface area (Å²) in [5.41, 5.74) is 1.71. The van der Waals surface area contributed by atoms with Gasteiger partial charge in [-0.2, -0.15) is 0 Å². The fourth-order valence-electron chi connectivity index (χ4n) is 3.01. The van der Waals surface area contributed by atoms with Crippen molar-refractivity contribution in [3.8, 4) is 0 Å². The number of anilines is 3. The maximum absolute atomic E-state index is 12.7. The number of carbonyl (C=O) groups is 1. The Morgan fingerprint density at radius 2 is 2.08 bits per heavy atom. The Morgan fingerprint density at radius 1 is 1.28 bits per heavy atom. The number of piperidine rings is 1. The summed E-state index contributed by atoms with van der Waals surface area (Å²) in [5, 5.41) is 6.44. The zero-order valence-electron chi connectivity index (χ0n) is 14.6. The molecule has 2 aromatic rings. The Kier molecular flexibility index (Phi) is 5.33. The van der Waals surface area contributed by atoms with Crippen molar-refractivity contribution >= 4 is 23.2 Å². The van der Waals surface area contributed by atoms with Crippen LogP contribution >= 0.6 is 0 Å². The number of nitrogens with one attached hydrogen (secondary N) is 2. The topological polar surface area (TPSA) is 73.4 Å². The third-order valence-corrected chi connectivity index (χ3v) is 4.21. The average molecular weight is 340 g/mol. The maximum atomic E-state index is 12.7. The highest BCUT2D eigenvalue weighted by molar-refractivity contribution is 5.92. The van der Waals surface area contributed by atoms with Crippen molar-refractivity contribution in [3.63, 3.8) is 0 Å². The summed E-state index contributed by atoms with van der Waals surface area (Å²) in [4.78, 5) is 24.6. The lowest BCUT2D eigenvalue weighted by Gasteiger charge is -2.33. The first-order valence-corrected chi connectivity index (χ1v) is 8.48. The molecule has 1 fully saturated rings. The van der Waals surface area contributed by atoms with Gasteiger partial charge in [-0.3, -0.25) is 0 Å². The smallest absolute Gasteiger partial charge is 0.322 e. The van der Waals surface area contributed by atoms with Gasteiger partial charge in [0.25, 0.3) is 0 Å². The molecular weight excluding hydrogens is 316 g/mol. The fourth-order valence-corrected chi connectivity index (χ4v) is 3.01. The average Bonchev–Trinajstić information content (AvgIpc) is 2.63. The number of benzene rings is 1. The highest BCUT2D eigenvalue weighted by Gasteiger charge is 2.24. The van der Waals surface area contributed by atoms with E-state index in [1.807, 2.05) is 54.2 Å². The Balaban J connectivity index is 1.62. The fraction of sp³-hybridized carbons (Fsp3) is 0.389. The molecule has 0 aliphatic carbocycles. The van der Waals surface area contributed by atoms with Crippen LogP contribution in [0.4, 0.5) is 22.0 Å². The Labute approximate surface area is 148 Å². The lowest BCUT2D eigenvalue weighted by atomic mass is 10.1. The minimum absolute atomic E-state index is 0.113. The van der Waals surface area contributed by atoms with Gasteiger partial charge in [0.1, 0.15) is 12.0 Å². The quantitative estimate of drug-likeness (QED) is 0.895. The molecule has 2 N–H and O–H groups in total. The second-order valence-electron chi connectivity index (χ2n) is 6.38. The zero-order chi connectivity index (χ0) is 17.6. The Bertz CT molecular complexity index is 706. The molecule has 1 aromatic heterocycles. The van der Waals surface area contributed by atoms with Gasteiger partial charge < -0.3 is 20.4 Å². The second-order valence-corrected chi connectivity index (χ2v) is 6.38. The number of rotatable bonds is 4. The van der Waals surface area contributed by atoms with Crippen molar-refractivity contribution in [2.24, 2.45) is 0 Å². The van der Waals surface area contributed by atoms with E-state index in [9.17, 15) is 4.79 Å². The van der Waals surface area contributed by atoms with Gasteiger partial charge in [0.15, 0.2) is 5.82 Å². The molecule has 2 heterocycles. The number of amides is 2. The van der Waals surface area contributed by atoms with Crippen molar-refractivity contribution in [1.29, 1.82) is 0 Å². The van der Waals surface area contributed by atoms with Crippen molar-refractivity contribution < 1.29 is 4.79 Å². The first-order valence-electron chi connectivity index (χ1n) is 8.48. The number of para-hydroxylation sites is 1.